The molecule has 0 atom stereocenters. The van der Waals surface area contributed by atoms with Crippen LogP contribution in [0.4, 0.5) is 0 Å². The van der Waals surface area contributed by atoms with Crippen molar-refractivity contribution in [3.05, 3.63) is 17.9 Å². The van der Waals surface area contributed by atoms with Gasteiger partial charge in [0.05, 0.1) is 19.8 Å². The number of hydrogen-bond acceptors (Lipinski definition) is 6. The number of furan rings is 1. The first-order chi connectivity index (χ1) is 9.93. The van der Waals surface area contributed by atoms with Crippen LogP contribution in [0, 0.1) is 0 Å². The Balaban J connectivity index is 1.85. The van der Waals surface area contributed by atoms with E-state index >= 15 is 0 Å². The topological polar surface area (TPSA) is 106 Å². The van der Waals surface area contributed by atoms with Crippen LogP contribution in [0.2, 0.25) is 0 Å². The van der Waals surface area contributed by atoms with Gasteiger partial charge in [-0.1, -0.05) is 0 Å². The third-order valence-electron chi connectivity index (χ3n) is 3.58. The van der Waals surface area contributed by atoms with E-state index in [0.29, 0.717) is 32.6 Å². The Morgan fingerprint density at radius 3 is 2.62 bits per heavy atom. The molecule has 3 heterocycles. The van der Waals surface area contributed by atoms with Crippen molar-refractivity contribution in [3.63, 3.8) is 0 Å². The fraction of sp³-hybridized carbons (Fsp3) is 0.583. The lowest BCUT2D eigenvalue weighted by atomic mass is 10.1. The second-order valence-corrected chi connectivity index (χ2v) is 6.84. The minimum atomic E-state index is -3.89. The summed E-state index contributed by atoms with van der Waals surface area (Å²) in [7, 11) is -3.89. The molecule has 0 aromatic carbocycles. The SMILES string of the molecule is O=C(O)c1ccc(S(=O)(=O)N2CCCC3(C2)OCCO3)o1. The number of sulfonamides is 1. The van der Waals surface area contributed by atoms with Gasteiger partial charge >= 0.3 is 5.97 Å². The highest BCUT2D eigenvalue weighted by Gasteiger charge is 2.45. The molecule has 1 aromatic heterocycles. The Bertz CT molecular complexity index is 644. The van der Waals surface area contributed by atoms with E-state index in [0.717, 1.165) is 12.1 Å². The number of ether oxygens (including phenoxy) is 2. The number of piperidine rings is 1. The lowest BCUT2D eigenvalue weighted by molar-refractivity contribution is -0.179. The fourth-order valence-electron chi connectivity index (χ4n) is 2.59. The van der Waals surface area contributed by atoms with Crippen LogP contribution in [-0.4, -0.2) is 55.9 Å². The minimum absolute atomic E-state index is 0.0818. The molecule has 0 radical (unpaired) electrons. The summed E-state index contributed by atoms with van der Waals surface area (Å²) in [4.78, 5) is 10.8. The Labute approximate surface area is 121 Å². The van der Waals surface area contributed by atoms with E-state index in [1.165, 1.54) is 4.31 Å². The summed E-state index contributed by atoms with van der Waals surface area (Å²) in [6.07, 6.45) is 1.24. The summed E-state index contributed by atoms with van der Waals surface area (Å²) < 4.78 is 42.2. The van der Waals surface area contributed by atoms with Gasteiger partial charge in [0.1, 0.15) is 0 Å². The Morgan fingerprint density at radius 2 is 2.00 bits per heavy atom. The monoisotopic (exact) mass is 317 g/mol. The van der Waals surface area contributed by atoms with Gasteiger partial charge in [0.15, 0.2) is 5.79 Å². The minimum Gasteiger partial charge on any atom is -0.475 e. The molecule has 116 valence electrons. The molecule has 9 heteroatoms. The van der Waals surface area contributed by atoms with Crippen LogP contribution in [0.5, 0.6) is 0 Å². The zero-order chi connectivity index (χ0) is 15.1. The van der Waals surface area contributed by atoms with E-state index in [4.69, 9.17) is 19.0 Å². The lowest BCUT2D eigenvalue weighted by Crippen LogP contribution is -2.50. The summed E-state index contributed by atoms with van der Waals surface area (Å²) in [6, 6.07) is 2.27. The van der Waals surface area contributed by atoms with Crippen LogP contribution in [0.15, 0.2) is 21.6 Å². The molecule has 1 spiro atoms. The fourth-order valence-corrected chi connectivity index (χ4v) is 4.02. The Morgan fingerprint density at radius 1 is 1.29 bits per heavy atom. The number of rotatable bonds is 3. The number of carboxylic acids is 1. The summed E-state index contributed by atoms with van der Waals surface area (Å²) in [5, 5.41) is 8.42. The van der Waals surface area contributed by atoms with Crippen LogP contribution >= 0.6 is 0 Å². The van der Waals surface area contributed by atoms with Crippen molar-refractivity contribution in [2.75, 3.05) is 26.3 Å². The van der Waals surface area contributed by atoms with Crippen molar-refractivity contribution in [2.45, 2.75) is 23.7 Å². The molecule has 0 amide bonds. The van der Waals surface area contributed by atoms with Gasteiger partial charge in [0.25, 0.3) is 10.0 Å². The van der Waals surface area contributed by atoms with Gasteiger partial charge < -0.3 is 19.0 Å². The quantitative estimate of drug-likeness (QED) is 0.865. The standard InChI is InChI=1S/C12H15NO7S/c14-11(15)9-2-3-10(20-9)21(16,17)13-5-1-4-12(8-13)18-6-7-19-12/h2-3H,1,4-8H2,(H,14,15). The van der Waals surface area contributed by atoms with Gasteiger partial charge in [-0.25, -0.2) is 13.2 Å². The van der Waals surface area contributed by atoms with E-state index < -0.39 is 27.5 Å². The van der Waals surface area contributed by atoms with E-state index in [2.05, 4.69) is 0 Å². The first kappa shape index (κ1) is 14.5. The highest BCUT2D eigenvalue weighted by atomic mass is 32.2. The van der Waals surface area contributed by atoms with Crippen molar-refractivity contribution in [1.82, 2.24) is 4.31 Å². The van der Waals surface area contributed by atoms with Crippen LogP contribution in [0.25, 0.3) is 0 Å². The molecular weight excluding hydrogens is 302 g/mol. The van der Waals surface area contributed by atoms with E-state index in [1.807, 2.05) is 0 Å². The molecule has 0 saturated carbocycles. The molecule has 8 nitrogen and oxygen atoms in total. The molecule has 1 aromatic rings. The highest BCUT2D eigenvalue weighted by Crippen LogP contribution is 2.33. The second kappa shape index (κ2) is 5.09. The second-order valence-electron chi connectivity index (χ2n) is 4.97. The van der Waals surface area contributed by atoms with Gasteiger partial charge in [-0.2, -0.15) is 4.31 Å². The largest absolute Gasteiger partial charge is 0.475 e. The number of aromatic carboxylic acids is 1. The number of carboxylic acid groups (broad SMARTS) is 1. The summed E-state index contributed by atoms with van der Waals surface area (Å²) in [5.74, 6) is -2.60. The van der Waals surface area contributed by atoms with E-state index in [1.54, 1.807) is 0 Å². The molecule has 0 aliphatic carbocycles. The molecule has 0 bridgehead atoms. The predicted octanol–water partition coefficient (Wildman–Crippen LogP) is 0.505. The summed E-state index contributed by atoms with van der Waals surface area (Å²) >= 11 is 0. The average Bonchev–Trinajstić information content (AvgIpc) is 3.09. The molecule has 21 heavy (non-hydrogen) atoms. The third kappa shape index (κ3) is 2.57. The van der Waals surface area contributed by atoms with Gasteiger partial charge in [0, 0.05) is 13.0 Å². The van der Waals surface area contributed by atoms with E-state index in [9.17, 15) is 13.2 Å². The van der Waals surface area contributed by atoms with Gasteiger partial charge in [0.2, 0.25) is 10.9 Å². The van der Waals surface area contributed by atoms with Gasteiger partial charge in [-0.15, -0.1) is 0 Å². The average molecular weight is 317 g/mol. The van der Waals surface area contributed by atoms with Crippen molar-refractivity contribution in [1.29, 1.82) is 0 Å². The van der Waals surface area contributed by atoms with Crippen molar-refractivity contribution in [3.8, 4) is 0 Å². The summed E-state index contributed by atoms with van der Waals surface area (Å²) in [6.45, 7) is 1.29. The predicted molar refractivity (Wildman–Crippen MR) is 68.3 cm³/mol. The number of carbonyl (C=O) groups is 1. The highest BCUT2D eigenvalue weighted by molar-refractivity contribution is 7.89. The molecule has 1 N–H and O–H groups in total. The zero-order valence-corrected chi connectivity index (χ0v) is 12.0. The first-order valence-electron chi connectivity index (χ1n) is 6.54. The first-order valence-corrected chi connectivity index (χ1v) is 7.98. The maximum Gasteiger partial charge on any atom is 0.371 e. The van der Waals surface area contributed by atoms with Crippen molar-refractivity contribution >= 4 is 16.0 Å². The van der Waals surface area contributed by atoms with Gasteiger partial charge in [-0.3, -0.25) is 0 Å². The smallest absolute Gasteiger partial charge is 0.371 e. The molecule has 2 aliphatic rings. The van der Waals surface area contributed by atoms with Crippen LogP contribution in [0.1, 0.15) is 23.4 Å². The zero-order valence-electron chi connectivity index (χ0n) is 11.1. The Hall–Kier alpha value is -1.42. The molecule has 2 aliphatic heterocycles. The number of nitrogens with zero attached hydrogens (tertiary/aromatic N) is 1. The number of hydrogen-bond donors (Lipinski definition) is 1. The molecule has 3 rings (SSSR count). The molecular formula is C12H15NO7S. The normalized spacial score (nSPS) is 22.7. The van der Waals surface area contributed by atoms with Crippen molar-refractivity contribution < 1.29 is 32.2 Å². The lowest BCUT2D eigenvalue weighted by Gasteiger charge is -2.37. The Kier molecular flexibility index (Phi) is 3.52. The van der Waals surface area contributed by atoms with Crippen LogP contribution < -0.4 is 0 Å². The maximum absolute atomic E-state index is 12.5. The van der Waals surface area contributed by atoms with Crippen LogP contribution in [0.3, 0.4) is 0 Å². The summed E-state index contributed by atoms with van der Waals surface area (Å²) in [5.41, 5.74) is 0. The third-order valence-corrected chi connectivity index (χ3v) is 5.30. The van der Waals surface area contributed by atoms with Crippen molar-refractivity contribution in [2.24, 2.45) is 0 Å². The van der Waals surface area contributed by atoms with Gasteiger partial charge in [-0.05, 0) is 18.6 Å². The van der Waals surface area contributed by atoms with E-state index in [-0.39, 0.29) is 11.6 Å². The molecule has 2 fully saturated rings. The molecule has 0 unspecified atom stereocenters. The maximum atomic E-state index is 12.5. The van der Waals surface area contributed by atoms with Crippen LogP contribution in [-0.2, 0) is 19.5 Å². The molecule has 2 saturated heterocycles.